The summed E-state index contributed by atoms with van der Waals surface area (Å²) in [6, 6.07) is 15.0. The Bertz CT molecular complexity index is 847. The summed E-state index contributed by atoms with van der Waals surface area (Å²) >= 11 is 0. The summed E-state index contributed by atoms with van der Waals surface area (Å²) in [5, 5.41) is 2.96. The molecular weight excluding hydrogens is 360 g/mol. The van der Waals surface area contributed by atoms with Gasteiger partial charge in [-0.3, -0.25) is 9.10 Å². The van der Waals surface area contributed by atoms with Crippen molar-refractivity contribution in [3.05, 3.63) is 60.2 Å². The molecule has 1 amide bonds. The maximum Gasteiger partial charge on any atom is 0.264 e. The molecule has 0 radical (unpaired) electrons. The van der Waals surface area contributed by atoms with E-state index in [1.165, 1.54) is 23.5 Å². The van der Waals surface area contributed by atoms with E-state index < -0.39 is 10.0 Å². The van der Waals surface area contributed by atoms with Gasteiger partial charge in [0.15, 0.2) is 0 Å². The van der Waals surface area contributed by atoms with Crippen LogP contribution in [0.2, 0.25) is 0 Å². The normalized spacial score (nSPS) is 12.6. The van der Waals surface area contributed by atoms with Gasteiger partial charge < -0.3 is 5.32 Å². The van der Waals surface area contributed by atoms with Gasteiger partial charge in [0.25, 0.3) is 15.9 Å². The topological polar surface area (TPSA) is 66.5 Å². The van der Waals surface area contributed by atoms with Crippen LogP contribution in [0.3, 0.4) is 0 Å². The zero-order valence-corrected chi connectivity index (χ0v) is 17.2. The Kier molecular flexibility index (Phi) is 7.02. The van der Waals surface area contributed by atoms with Gasteiger partial charge in [-0.25, -0.2) is 8.42 Å². The molecule has 0 spiro atoms. The molecule has 0 aliphatic rings. The molecule has 0 unspecified atom stereocenters. The van der Waals surface area contributed by atoms with Crippen molar-refractivity contribution in [2.75, 3.05) is 11.4 Å². The van der Waals surface area contributed by atoms with Crippen LogP contribution in [0.5, 0.6) is 0 Å². The molecular formula is C21H28N2O3S. The first kappa shape index (κ1) is 21.0. The van der Waals surface area contributed by atoms with Gasteiger partial charge in [0.2, 0.25) is 0 Å². The second-order valence-electron chi connectivity index (χ2n) is 7.18. The second kappa shape index (κ2) is 9.04. The molecule has 2 rings (SSSR count). The number of anilines is 1. The minimum Gasteiger partial charge on any atom is -0.350 e. The Balaban J connectivity index is 2.09. The molecule has 2 aromatic carbocycles. The highest BCUT2D eigenvalue weighted by Gasteiger charge is 2.21. The van der Waals surface area contributed by atoms with Gasteiger partial charge in [0.05, 0.1) is 10.6 Å². The summed E-state index contributed by atoms with van der Waals surface area (Å²) in [4.78, 5) is 12.5. The highest BCUT2D eigenvalue weighted by atomic mass is 32.2. The van der Waals surface area contributed by atoms with Crippen molar-refractivity contribution in [1.82, 2.24) is 5.32 Å². The van der Waals surface area contributed by atoms with Crippen LogP contribution in [0.4, 0.5) is 5.69 Å². The third-order valence-corrected chi connectivity index (χ3v) is 6.25. The fourth-order valence-corrected chi connectivity index (χ4v) is 3.87. The maximum atomic E-state index is 12.8. The van der Waals surface area contributed by atoms with Gasteiger partial charge in [-0.1, -0.05) is 32.0 Å². The third kappa shape index (κ3) is 5.57. The van der Waals surface area contributed by atoms with Crippen molar-refractivity contribution in [3.63, 3.8) is 0 Å². The highest BCUT2D eigenvalue weighted by Crippen LogP contribution is 2.22. The van der Waals surface area contributed by atoms with E-state index in [2.05, 4.69) is 19.2 Å². The summed E-state index contributed by atoms with van der Waals surface area (Å²) in [5.41, 5.74) is 1.03. The monoisotopic (exact) mass is 388 g/mol. The predicted octanol–water partition coefficient (Wildman–Crippen LogP) is 4.07. The number of hydrogen-bond acceptors (Lipinski definition) is 3. The van der Waals surface area contributed by atoms with Crippen LogP contribution < -0.4 is 9.62 Å². The van der Waals surface area contributed by atoms with Gasteiger partial charge in [0.1, 0.15) is 0 Å². The molecule has 0 aliphatic carbocycles. The van der Waals surface area contributed by atoms with E-state index in [-0.39, 0.29) is 16.8 Å². The lowest BCUT2D eigenvalue weighted by molar-refractivity contribution is 0.0937. The quantitative estimate of drug-likeness (QED) is 0.741. The molecule has 0 saturated carbocycles. The molecule has 6 heteroatoms. The summed E-state index contributed by atoms with van der Waals surface area (Å²) in [6.07, 6.45) is 1.96. The van der Waals surface area contributed by atoms with E-state index in [0.717, 1.165) is 12.8 Å². The van der Waals surface area contributed by atoms with Crippen molar-refractivity contribution < 1.29 is 13.2 Å². The number of carbonyl (C=O) groups excluding carboxylic acids is 1. The molecule has 0 bridgehead atoms. The number of sulfonamides is 1. The molecule has 0 aliphatic heterocycles. The summed E-state index contributed by atoms with van der Waals surface area (Å²) in [7, 11) is -2.16. The van der Waals surface area contributed by atoms with Gasteiger partial charge in [0, 0.05) is 18.7 Å². The average Bonchev–Trinajstić information content (AvgIpc) is 2.66. The standard InChI is InChI=1S/C21H28N2O3S/c1-16(2)10-11-17(3)22-21(24)18-12-14-20(15-13-18)27(25,26)23(4)19-8-6-5-7-9-19/h5-9,12-17H,10-11H2,1-4H3,(H,22,24)/t17-/m0/s1. The Labute approximate surface area is 162 Å². The summed E-state index contributed by atoms with van der Waals surface area (Å²) in [6.45, 7) is 6.29. The molecule has 0 heterocycles. The van der Waals surface area contributed by atoms with Gasteiger partial charge in [-0.2, -0.15) is 0 Å². The fraction of sp³-hybridized carbons (Fsp3) is 0.381. The lowest BCUT2D eigenvalue weighted by Crippen LogP contribution is -2.32. The number of rotatable bonds is 8. The number of hydrogen-bond donors (Lipinski definition) is 1. The Hall–Kier alpha value is -2.34. The van der Waals surface area contributed by atoms with Crippen LogP contribution in [-0.2, 0) is 10.0 Å². The van der Waals surface area contributed by atoms with E-state index in [0.29, 0.717) is 17.2 Å². The van der Waals surface area contributed by atoms with Gasteiger partial charge in [-0.05, 0) is 62.1 Å². The molecule has 27 heavy (non-hydrogen) atoms. The zero-order valence-electron chi connectivity index (χ0n) is 16.3. The molecule has 5 nitrogen and oxygen atoms in total. The van der Waals surface area contributed by atoms with Crippen molar-refractivity contribution in [1.29, 1.82) is 0 Å². The Morgan fingerprint density at radius 3 is 2.11 bits per heavy atom. The molecule has 146 valence electrons. The Morgan fingerprint density at radius 1 is 0.963 bits per heavy atom. The summed E-state index contributed by atoms with van der Waals surface area (Å²) in [5.74, 6) is 0.405. The predicted molar refractivity (Wildman–Crippen MR) is 109 cm³/mol. The largest absolute Gasteiger partial charge is 0.350 e. The second-order valence-corrected chi connectivity index (χ2v) is 9.15. The van der Waals surface area contributed by atoms with Crippen LogP contribution in [0.15, 0.2) is 59.5 Å². The van der Waals surface area contributed by atoms with E-state index in [4.69, 9.17) is 0 Å². The number of benzene rings is 2. The molecule has 0 fully saturated rings. The molecule has 2 aromatic rings. The number of amides is 1. The van der Waals surface area contributed by atoms with Crippen LogP contribution in [-0.4, -0.2) is 27.4 Å². The Morgan fingerprint density at radius 2 is 1.56 bits per heavy atom. The number of nitrogens with zero attached hydrogens (tertiary/aromatic N) is 1. The van der Waals surface area contributed by atoms with Crippen molar-refractivity contribution in [2.24, 2.45) is 5.92 Å². The van der Waals surface area contributed by atoms with Gasteiger partial charge in [-0.15, -0.1) is 0 Å². The van der Waals surface area contributed by atoms with E-state index in [1.54, 1.807) is 36.4 Å². The van der Waals surface area contributed by atoms with Crippen LogP contribution in [0, 0.1) is 5.92 Å². The smallest absolute Gasteiger partial charge is 0.264 e. The zero-order chi connectivity index (χ0) is 20.0. The fourth-order valence-electron chi connectivity index (χ4n) is 2.68. The first-order valence-corrected chi connectivity index (χ1v) is 10.6. The minimum atomic E-state index is -3.67. The first-order chi connectivity index (χ1) is 12.7. The lowest BCUT2D eigenvalue weighted by atomic mass is 10.0. The average molecular weight is 389 g/mol. The lowest BCUT2D eigenvalue weighted by Gasteiger charge is -2.19. The van der Waals surface area contributed by atoms with Crippen molar-refractivity contribution in [3.8, 4) is 0 Å². The van der Waals surface area contributed by atoms with Crippen LogP contribution >= 0.6 is 0 Å². The maximum absolute atomic E-state index is 12.8. The first-order valence-electron chi connectivity index (χ1n) is 9.16. The third-order valence-electron chi connectivity index (χ3n) is 4.45. The molecule has 1 N–H and O–H groups in total. The van der Waals surface area contributed by atoms with E-state index in [1.807, 2.05) is 13.0 Å². The van der Waals surface area contributed by atoms with Crippen molar-refractivity contribution >= 4 is 21.6 Å². The number of carbonyl (C=O) groups is 1. The van der Waals surface area contributed by atoms with E-state index >= 15 is 0 Å². The summed E-state index contributed by atoms with van der Waals surface area (Å²) < 4.78 is 26.8. The van der Waals surface area contributed by atoms with Crippen LogP contribution in [0.1, 0.15) is 44.0 Å². The SMILES string of the molecule is CC(C)CC[C@H](C)NC(=O)c1ccc(S(=O)(=O)N(C)c2ccccc2)cc1. The molecule has 1 atom stereocenters. The molecule has 0 aromatic heterocycles. The van der Waals surface area contributed by atoms with Crippen LogP contribution in [0.25, 0.3) is 0 Å². The van der Waals surface area contributed by atoms with Gasteiger partial charge >= 0.3 is 0 Å². The van der Waals surface area contributed by atoms with Crippen molar-refractivity contribution in [2.45, 2.75) is 44.6 Å². The van der Waals surface area contributed by atoms with E-state index in [9.17, 15) is 13.2 Å². The number of para-hydroxylation sites is 1. The highest BCUT2D eigenvalue weighted by molar-refractivity contribution is 7.92. The molecule has 0 saturated heterocycles. The minimum absolute atomic E-state index is 0.0764. The number of nitrogens with one attached hydrogen (secondary N) is 1.